The second-order valence-corrected chi connectivity index (χ2v) is 6.32. The highest BCUT2D eigenvalue weighted by Gasteiger charge is 2.12. The van der Waals surface area contributed by atoms with Gasteiger partial charge in [-0.1, -0.05) is 36.4 Å². The molecule has 0 saturated carbocycles. The number of amides is 1. The fourth-order valence-corrected chi connectivity index (χ4v) is 2.99. The summed E-state index contributed by atoms with van der Waals surface area (Å²) in [6.07, 6.45) is 0. The number of nitrogens with one attached hydrogen (secondary N) is 1. The molecule has 0 aromatic heterocycles. The van der Waals surface area contributed by atoms with Gasteiger partial charge in [0.25, 0.3) is 5.91 Å². The van der Waals surface area contributed by atoms with Gasteiger partial charge < -0.3 is 14.8 Å². The van der Waals surface area contributed by atoms with Crippen LogP contribution >= 0.6 is 0 Å². The van der Waals surface area contributed by atoms with E-state index in [4.69, 9.17) is 9.47 Å². The maximum absolute atomic E-state index is 12.4. The first-order valence-electron chi connectivity index (χ1n) is 9.14. The maximum atomic E-state index is 12.4. The molecule has 1 saturated heterocycles. The minimum Gasteiger partial charge on any atom is -0.493 e. The Morgan fingerprint density at radius 3 is 2.50 bits per heavy atom. The van der Waals surface area contributed by atoms with Crippen molar-refractivity contribution in [2.24, 2.45) is 0 Å². The number of carbonyl (C=O) groups is 1. The summed E-state index contributed by atoms with van der Waals surface area (Å²) in [6, 6.07) is 15.7. The largest absolute Gasteiger partial charge is 0.493 e. The summed E-state index contributed by atoms with van der Waals surface area (Å²) >= 11 is 0. The fourth-order valence-electron chi connectivity index (χ4n) is 2.99. The van der Waals surface area contributed by atoms with Crippen LogP contribution in [0.2, 0.25) is 0 Å². The van der Waals surface area contributed by atoms with E-state index in [0.29, 0.717) is 24.5 Å². The number of rotatable bonds is 7. The van der Waals surface area contributed by atoms with Crippen molar-refractivity contribution in [3.63, 3.8) is 0 Å². The first kappa shape index (κ1) is 18.4. The molecular formula is C21H26N2O3. The van der Waals surface area contributed by atoms with Gasteiger partial charge in [0.2, 0.25) is 0 Å². The normalized spacial score (nSPS) is 14.8. The summed E-state index contributed by atoms with van der Waals surface area (Å²) in [6.45, 7) is 7.48. The van der Waals surface area contributed by atoms with Gasteiger partial charge in [-0.3, -0.25) is 9.69 Å². The quantitative estimate of drug-likeness (QED) is 0.831. The van der Waals surface area contributed by atoms with E-state index in [-0.39, 0.29) is 5.91 Å². The molecule has 0 bridgehead atoms. The highest BCUT2D eigenvalue weighted by Crippen LogP contribution is 2.18. The van der Waals surface area contributed by atoms with Gasteiger partial charge in [0, 0.05) is 26.2 Å². The van der Waals surface area contributed by atoms with Gasteiger partial charge in [0.05, 0.1) is 25.4 Å². The highest BCUT2D eigenvalue weighted by molar-refractivity contribution is 5.96. The summed E-state index contributed by atoms with van der Waals surface area (Å²) in [5.41, 5.74) is 2.93. The van der Waals surface area contributed by atoms with Crippen LogP contribution in [0.3, 0.4) is 0 Å². The summed E-state index contributed by atoms with van der Waals surface area (Å²) in [4.78, 5) is 14.8. The number of hydrogen-bond acceptors (Lipinski definition) is 4. The molecule has 2 aromatic rings. The summed E-state index contributed by atoms with van der Waals surface area (Å²) in [5, 5.41) is 2.97. The van der Waals surface area contributed by atoms with Gasteiger partial charge in [-0.15, -0.1) is 0 Å². The smallest absolute Gasteiger partial charge is 0.255 e. The molecule has 1 aliphatic heterocycles. The van der Waals surface area contributed by atoms with E-state index >= 15 is 0 Å². The van der Waals surface area contributed by atoms with E-state index in [1.807, 2.05) is 25.1 Å². The maximum Gasteiger partial charge on any atom is 0.255 e. The second kappa shape index (κ2) is 9.36. The molecule has 138 valence electrons. The Bertz CT molecular complexity index is 709. The zero-order valence-corrected chi connectivity index (χ0v) is 15.2. The van der Waals surface area contributed by atoms with Crippen LogP contribution in [0, 0.1) is 0 Å². The lowest BCUT2D eigenvalue weighted by atomic mass is 10.1. The molecule has 1 aliphatic rings. The van der Waals surface area contributed by atoms with E-state index in [0.717, 1.165) is 38.4 Å². The number of benzene rings is 2. The zero-order chi connectivity index (χ0) is 18.2. The van der Waals surface area contributed by atoms with Crippen LogP contribution in [0.5, 0.6) is 5.75 Å². The Morgan fingerprint density at radius 2 is 1.77 bits per heavy atom. The molecule has 1 fully saturated rings. The van der Waals surface area contributed by atoms with E-state index in [2.05, 4.69) is 34.5 Å². The zero-order valence-electron chi connectivity index (χ0n) is 15.2. The van der Waals surface area contributed by atoms with Crippen molar-refractivity contribution in [3.8, 4) is 5.75 Å². The predicted molar refractivity (Wildman–Crippen MR) is 101 cm³/mol. The standard InChI is InChI=1S/C21H26N2O3/c1-2-26-20-6-4-3-5-19(20)21(24)22-15-17-7-9-18(10-8-17)16-23-11-13-25-14-12-23/h3-10H,2,11-16H2,1H3,(H,22,24). The molecule has 0 spiro atoms. The number of morpholine rings is 1. The third kappa shape index (κ3) is 5.07. The van der Waals surface area contributed by atoms with E-state index in [9.17, 15) is 4.79 Å². The van der Waals surface area contributed by atoms with Gasteiger partial charge in [0.15, 0.2) is 0 Å². The van der Waals surface area contributed by atoms with Gasteiger partial charge in [0.1, 0.15) is 5.75 Å². The van der Waals surface area contributed by atoms with E-state index in [1.165, 1.54) is 5.56 Å². The van der Waals surface area contributed by atoms with Gasteiger partial charge >= 0.3 is 0 Å². The predicted octanol–water partition coefficient (Wildman–Crippen LogP) is 2.85. The number of hydrogen-bond donors (Lipinski definition) is 1. The molecular weight excluding hydrogens is 328 g/mol. The number of carbonyl (C=O) groups excluding carboxylic acids is 1. The molecule has 0 unspecified atom stereocenters. The molecule has 0 atom stereocenters. The molecule has 1 heterocycles. The minimum atomic E-state index is -0.119. The summed E-state index contributed by atoms with van der Waals surface area (Å²) in [7, 11) is 0. The number of para-hydroxylation sites is 1. The third-order valence-corrected chi connectivity index (χ3v) is 4.42. The van der Waals surface area contributed by atoms with Crippen molar-refractivity contribution in [1.82, 2.24) is 10.2 Å². The highest BCUT2D eigenvalue weighted by atomic mass is 16.5. The van der Waals surface area contributed by atoms with Crippen LogP contribution in [0.4, 0.5) is 0 Å². The lowest BCUT2D eigenvalue weighted by Gasteiger charge is -2.26. The van der Waals surface area contributed by atoms with Crippen LogP contribution in [0.25, 0.3) is 0 Å². The van der Waals surface area contributed by atoms with Crippen molar-refractivity contribution < 1.29 is 14.3 Å². The number of ether oxygens (including phenoxy) is 2. The molecule has 5 nitrogen and oxygen atoms in total. The van der Waals surface area contributed by atoms with Crippen molar-refractivity contribution in [2.45, 2.75) is 20.0 Å². The Morgan fingerprint density at radius 1 is 1.08 bits per heavy atom. The minimum absolute atomic E-state index is 0.119. The van der Waals surface area contributed by atoms with Crippen molar-refractivity contribution in [1.29, 1.82) is 0 Å². The molecule has 5 heteroatoms. The van der Waals surface area contributed by atoms with Crippen molar-refractivity contribution in [3.05, 3.63) is 65.2 Å². The Balaban J connectivity index is 1.53. The molecule has 26 heavy (non-hydrogen) atoms. The van der Waals surface area contributed by atoms with Crippen molar-refractivity contribution >= 4 is 5.91 Å². The third-order valence-electron chi connectivity index (χ3n) is 4.42. The first-order chi connectivity index (χ1) is 12.8. The summed E-state index contributed by atoms with van der Waals surface area (Å²) in [5.74, 6) is 0.500. The van der Waals surface area contributed by atoms with Crippen LogP contribution < -0.4 is 10.1 Å². The van der Waals surface area contributed by atoms with Gasteiger partial charge in [-0.05, 0) is 30.2 Å². The average Bonchev–Trinajstić information content (AvgIpc) is 2.69. The second-order valence-electron chi connectivity index (χ2n) is 6.32. The van der Waals surface area contributed by atoms with Crippen LogP contribution in [0.15, 0.2) is 48.5 Å². The average molecular weight is 354 g/mol. The molecule has 3 rings (SSSR count). The van der Waals surface area contributed by atoms with Gasteiger partial charge in [-0.25, -0.2) is 0 Å². The SMILES string of the molecule is CCOc1ccccc1C(=O)NCc1ccc(CN2CCOCC2)cc1. The van der Waals surface area contributed by atoms with Crippen LogP contribution in [-0.2, 0) is 17.8 Å². The van der Waals surface area contributed by atoms with E-state index in [1.54, 1.807) is 6.07 Å². The Kier molecular flexibility index (Phi) is 6.63. The van der Waals surface area contributed by atoms with Gasteiger partial charge in [-0.2, -0.15) is 0 Å². The monoisotopic (exact) mass is 354 g/mol. The molecule has 0 aliphatic carbocycles. The number of nitrogens with zero attached hydrogens (tertiary/aromatic N) is 1. The molecule has 1 amide bonds. The van der Waals surface area contributed by atoms with Crippen LogP contribution in [-0.4, -0.2) is 43.7 Å². The topological polar surface area (TPSA) is 50.8 Å². The first-order valence-corrected chi connectivity index (χ1v) is 9.14. The molecule has 0 radical (unpaired) electrons. The lowest BCUT2D eigenvalue weighted by Crippen LogP contribution is -2.35. The van der Waals surface area contributed by atoms with Crippen LogP contribution in [0.1, 0.15) is 28.4 Å². The molecule has 1 N–H and O–H groups in total. The Labute approximate surface area is 154 Å². The molecule has 2 aromatic carbocycles. The van der Waals surface area contributed by atoms with Crippen molar-refractivity contribution in [2.75, 3.05) is 32.9 Å². The lowest BCUT2D eigenvalue weighted by molar-refractivity contribution is 0.0342. The summed E-state index contributed by atoms with van der Waals surface area (Å²) < 4.78 is 10.9. The fraction of sp³-hybridized carbons (Fsp3) is 0.381. The van der Waals surface area contributed by atoms with E-state index < -0.39 is 0 Å². The Hall–Kier alpha value is -2.37.